The summed E-state index contributed by atoms with van der Waals surface area (Å²) in [5, 5.41) is 0. The molecule has 7 heteroatoms. The van der Waals surface area contributed by atoms with E-state index >= 15 is 0 Å². The SMILES string of the molecule is I.NC(=NCc1cccnc1Oc1cccc(F)c1)N1CCCCCC1. The number of aliphatic imine (C=N–C) groups is 1. The van der Waals surface area contributed by atoms with Crippen molar-refractivity contribution in [3.8, 4) is 11.6 Å². The Balaban J connectivity index is 0.00000243. The Hall–Kier alpha value is -1.90. The largest absolute Gasteiger partial charge is 0.439 e. The summed E-state index contributed by atoms with van der Waals surface area (Å²) in [6, 6.07) is 9.71. The number of likely N-dealkylation sites (tertiary alicyclic amines) is 1. The predicted octanol–water partition coefficient (Wildman–Crippen LogP) is 4.32. The highest BCUT2D eigenvalue weighted by atomic mass is 127. The molecule has 5 nitrogen and oxygen atoms in total. The minimum Gasteiger partial charge on any atom is -0.439 e. The number of benzene rings is 1. The number of rotatable bonds is 4. The number of halogens is 2. The predicted molar refractivity (Wildman–Crippen MR) is 111 cm³/mol. The zero-order chi connectivity index (χ0) is 17.5. The van der Waals surface area contributed by atoms with E-state index in [2.05, 4.69) is 14.9 Å². The minimum atomic E-state index is -0.349. The number of guanidine groups is 1. The fourth-order valence-corrected chi connectivity index (χ4v) is 2.84. The van der Waals surface area contributed by atoms with Crippen molar-refractivity contribution >= 4 is 29.9 Å². The molecule has 0 radical (unpaired) electrons. The Morgan fingerprint density at radius 1 is 1.15 bits per heavy atom. The van der Waals surface area contributed by atoms with E-state index in [4.69, 9.17) is 10.5 Å². The van der Waals surface area contributed by atoms with Gasteiger partial charge in [0.2, 0.25) is 5.88 Å². The maximum Gasteiger partial charge on any atom is 0.224 e. The fourth-order valence-electron chi connectivity index (χ4n) is 2.84. The van der Waals surface area contributed by atoms with Crippen molar-refractivity contribution in [2.24, 2.45) is 10.7 Å². The molecule has 0 atom stereocenters. The van der Waals surface area contributed by atoms with Crippen LogP contribution in [0.1, 0.15) is 31.2 Å². The van der Waals surface area contributed by atoms with E-state index in [0.29, 0.717) is 24.1 Å². The molecule has 0 bridgehead atoms. The van der Waals surface area contributed by atoms with Crippen LogP contribution in [-0.4, -0.2) is 28.9 Å². The average Bonchev–Trinajstić information content (AvgIpc) is 2.90. The second-order valence-corrected chi connectivity index (χ2v) is 6.10. The van der Waals surface area contributed by atoms with Gasteiger partial charge in [0.05, 0.1) is 6.54 Å². The Morgan fingerprint density at radius 2 is 1.92 bits per heavy atom. The van der Waals surface area contributed by atoms with E-state index in [1.165, 1.54) is 25.0 Å². The van der Waals surface area contributed by atoms with Gasteiger partial charge in [-0.05, 0) is 31.0 Å². The van der Waals surface area contributed by atoms with Crippen molar-refractivity contribution in [2.75, 3.05) is 13.1 Å². The molecule has 0 spiro atoms. The van der Waals surface area contributed by atoms with Gasteiger partial charge < -0.3 is 15.4 Å². The number of aromatic nitrogens is 1. The van der Waals surface area contributed by atoms with Crippen molar-refractivity contribution in [3.05, 3.63) is 54.0 Å². The van der Waals surface area contributed by atoms with Gasteiger partial charge in [-0.15, -0.1) is 24.0 Å². The number of nitrogens with zero attached hydrogens (tertiary/aromatic N) is 3. The molecule has 1 aliphatic rings. The van der Waals surface area contributed by atoms with Gasteiger partial charge in [0.1, 0.15) is 11.6 Å². The fraction of sp³-hybridized carbons (Fsp3) is 0.368. The van der Waals surface area contributed by atoms with Gasteiger partial charge in [0.15, 0.2) is 5.96 Å². The molecule has 1 saturated heterocycles. The number of hydrogen-bond acceptors (Lipinski definition) is 3. The van der Waals surface area contributed by atoms with E-state index < -0.39 is 0 Å². The highest BCUT2D eigenvalue weighted by Crippen LogP contribution is 2.24. The zero-order valence-electron chi connectivity index (χ0n) is 14.6. The van der Waals surface area contributed by atoms with Crippen LogP contribution in [0.2, 0.25) is 0 Å². The molecule has 1 aromatic carbocycles. The third kappa shape index (κ3) is 5.82. The maximum atomic E-state index is 13.3. The van der Waals surface area contributed by atoms with Crippen molar-refractivity contribution in [1.29, 1.82) is 0 Å². The number of nitrogens with two attached hydrogens (primary N) is 1. The summed E-state index contributed by atoms with van der Waals surface area (Å²) >= 11 is 0. The Bertz CT molecular complexity index is 733. The summed E-state index contributed by atoms with van der Waals surface area (Å²) in [5.74, 6) is 1.03. The highest BCUT2D eigenvalue weighted by Gasteiger charge is 2.12. The second-order valence-electron chi connectivity index (χ2n) is 6.10. The summed E-state index contributed by atoms with van der Waals surface area (Å²) in [7, 11) is 0. The normalized spacial score (nSPS) is 15.1. The Labute approximate surface area is 170 Å². The molecule has 1 fully saturated rings. The summed E-state index contributed by atoms with van der Waals surface area (Å²) in [6.07, 6.45) is 6.43. The molecule has 0 saturated carbocycles. The number of hydrogen-bond donors (Lipinski definition) is 1. The lowest BCUT2D eigenvalue weighted by molar-refractivity contribution is 0.427. The van der Waals surface area contributed by atoms with E-state index in [-0.39, 0.29) is 29.8 Å². The first-order valence-corrected chi connectivity index (χ1v) is 8.64. The first-order chi connectivity index (χ1) is 12.2. The number of pyridine rings is 1. The molecule has 26 heavy (non-hydrogen) atoms. The molecule has 0 unspecified atom stereocenters. The van der Waals surface area contributed by atoms with Gasteiger partial charge in [-0.25, -0.2) is 14.4 Å². The van der Waals surface area contributed by atoms with Crippen LogP contribution in [0.5, 0.6) is 11.6 Å². The molecule has 140 valence electrons. The quantitative estimate of drug-likeness (QED) is 0.411. The van der Waals surface area contributed by atoms with E-state index in [9.17, 15) is 4.39 Å². The second kappa shape index (κ2) is 10.3. The lowest BCUT2D eigenvalue weighted by Crippen LogP contribution is -2.38. The number of ether oxygens (including phenoxy) is 1. The van der Waals surface area contributed by atoms with Crippen molar-refractivity contribution in [2.45, 2.75) is 32.2 Å². The van der Waals surface area contributed by atoms with Crippen LogP contribution >= 0.6 is 24.0 Å². The molecular weight excluding hydrogens is 446 g/mol. The van der Waals surface area contributed by atoms with Crippen LogP contribution in [0.3, 0.4) is 0 Å². The Kier molecular flexibility index (Phi) is 8.08. The van der Waals surface area contributed by atoms with Gasteiger partial charge in [0.25, 0.3) is 0 Å². The van der Waals surface area contributed by atoms with Crippen molar-refractivity contribution < 1.29 is 9.13 Å². The van der Waals surface area contributed by atoms with Gasteiger partial charge in [-0.2, -0.15) is 0 Å². The van der Waals surface area contributed by atoms with Gasteiger partial charge in [-0.3, -0.25) is 0 Å². The van der Waals surface area contributed by atoms with Crippen LogP contribution in [0.4, 0.5) is 4.39 Å². The third-order valence-electron chi connectivity index (χ3n) is 4.20. The summed E-state index contributed by atoms with van der Waals surface area (Å²) in [4.78, 5) is 10.9. The Morgan fingerprint density at radius 3 is 2.65 bits per heavy atom. The lowest BCUT2D eigenvalue weighted by atomic mass is 10.2. The lowest BCUT2D eigenvalue weighted by Gasteiger charge is -2.21. The highest BCUT2D eigenvalue weighted by molar-refractivity contribution is 14.0. The van der Waals surface area contributed by atoms with Crippen molar-refractivity contribution in [3.63, 3.8) is 0 Å². The van der Waals surface area contributed by atoms with Gasteiger partial charge in [-0.1, -0.05) is 25.0 Å². The van der Waals surface area contributed by atoms with Crippen molar-refractivity contribution in [1.82, 2.24) is 9.88 Å². The van der Waals surface area contributed by atoms with E-state index in [1.54, 1.807) is 18.3 Å². The molecule has 2 heterocycles. The first-order valence-electron chi connectivity index (χ1n) is 8.64. The average molecular weight is 470 g/mol. The molecule has 1 aliphatic heterocycles. The summed E-state index contributed by atoms with van der Waals surface area (Å²) in [5.41, 5.74) is 6.96. The maximum absolute atomic E-state index is 13.3. The molecular formula is C19H24FIN4O. The minimum absolute atomic E-state index is 0. The zero-order valence-corrected chi connectivity index (χ0v) is 16.9. The molecule has 2 N–H and O–H groups in total. The van der Waals surface area contributed by atoms with Crippen LogP contribution in [0.25, 0.3) is 0 Å². The molecule has 0 aliphatic carbocycles. The topological polar surface area (TPSA) is 63.7 Å². The van der Waals surface area contributed by atoms with Crippen LogP contribution in [0.15, 0.2) is 47.6 Å². The molecule has 0 amide bonds. The van der Waals surface area contributed by atoms with Crippen LogP contribution in [-0.2, 0) is 6.54 Å². The molecule has 2 aromatic rings. The standard InChI is InChI=1S/C19H23FN4O.HI/c20-16-8-5-9-17(13-16)25-18-15(7-6-10-22-18)14-23-19(21)24-11-3-1-2-4-12-24;/h5-10,13H,1-4,11-12,14H2,(H2,21,23);1H. The van der Waals surface area contributed by atoms with Gasteiger partial charge >= 0.3 is 0 Å². The molecule has 1 aromatic heterocycles. The first kappa shape index (κ1) is 20.4. The smallest absolute Gasteiger partial charge is 0.224 e. The van der Waals surface area contributed by atoms with Crippen LogP contribution in [0, 0.1) is 5.82 Å². The molecule has 3 rings (SSSR count). The van der Waals surface area contributed by atoms with E-state index in [0.717, 1.165) is 31.5 Å². The van der Waals surface area contributed by atoms with Gasteiger partial charge in [0, 0.05) is 30.9 Å². The van der Waals surface area contributed by atoms with Crippen LogP contribution < -0.4 is 10.5 Å². The van der Waals surface area contributed by atoms with E-state index in [1.807, 2.05) is 12.1 Å². The monoisotopic (exact) mass is 470 g/mol. The summed E-state index contributed by atoms with van der Waals surface area (Å²) < 4.78 is 19.0. The summed E-state index contributed by atoms with van der Waals surface area (Å²) in [6.45, 7) is 2.28. The third-order valence-corrected chi connectivity index (χ3v) is 4.20.